The number of hydrogen-bond acceptors (Lipinski definition) is 5. The lowest BCUT2D eigenvalue weighted by molar-refractivity contribution is -0.244. The largest absolute Gasteiger partial charge is 0.472 e. The summed E-state index contributed by atoms with van der Waals surface area (Å²) in [5, 5.41) is 0. The van der Waals surface area contributed by atoms with Crippen molar-refractivity contribution in [3.63, 3.8) is 0 Å². The molecular formula is C42H44N2O4. The van der Waals surface area contributed by atoms with Gasteiger partial charge in [-0.15, -0.1) is 0 Å². The van der Waals surface area contributed by atoms with Crippen LogP contribution >= 0.6 is 0 Å². The number of imidazole rings is 1. The molecule has 6 rings (SSSR count). The quantitative estimate of drug-likeness (QED) is 0.121. The molecule has 0 N–H and O–H groups in total. The third-order valence-electron chi connectivity index (χ3n) is 8.24. The van der Waals surface area contributed by atoms with Gasteiger partial charge in [0, 0.05) is 11.8 Å². The summed E-state index contributed by atoms with van der Waals surface area (Å²) >= 11 is 0. The molecule has 0 saturated heterocycles. The summed E-state index contributed by atoms with van der Waals surface area (Å²) in [6.07, 6.45) is 0.992. The van der Waals surface area contributed by atoms with Gasteiger partial charge in [-0.25, -0.2) is 4.98 Å². The fraction of sp³-hybridized carbons (Fsp3) is 0.310. The van der Waals surface area contributed by atoms with Crippen molar-refractivity contribution < 1.29 is 18.9 Å². The maximum atomic E-state index is 7.12. The Bertz CT molecular complexity index is 1790. The van der Waals surface area contributed by atoms with Gasteiger partial charge in [0.25, 0.3) is 0 Å². The maximum Gasteiger partial charge on any atom is 0.233 e. The monoisotopic (exact) mass is 640 g/mol. The van der Waals surface area contributed by atoms with Gasteiger partial charge in [0.1, 0.15) is 18.5 Å². The van der Waals surface area contributed by atoms with Gasteiger partial charge < -0.3 is 18.9 Å². The highest BCUT2D eigenvalue weighted by Gasteiger charge is 2.50. The van der Waals surface area contributed by atoms with Crippen LogP contribution in [-0.4, -0.2) is 22.3 Å². The van der Waals surface area contributed by atoms with Gasteiger partial charge in [0.2, 0.25) is 5.88 Å². The lowest BCUT2D eigenvalue weighted by atomic mass is 9.96. The van der Waals surface area contributed by atoms with E-state index in [-0.39, 0.29) is 18.1 Å². The molecule has 48 heavy (non-hydrogen) atoms. The Morgan fingerprint density at radius 3 is 1.79 bits per heavy atom. The standard InChI is InChI=1S/C42H44N2O4/c1-41(2,3)27-26-37-40(47-30-35-20-12-6-13-21-35)44-39(43-37)25-24-38(46-29-34-18-10-5-11-19-34)42(44,48-31-36-22-14-7-15-23-36)32-45-28-33-16-8-4-9-17-33/h4-23,38H,24-25,28-32H2,1-3H3. The Balaban J connectivity index is 1.46. The van der Waals surface area contributed by atoms with Crippen molar-refractivity contribution in [2.75, 3.05) is 6.61 Å². The first-order valence-corrected chi connectivity index (χ1v) is 16.7. The van der Waals surface area contributed by atoms with Gasteiger partial charge in [-0.1, -0.05) is 127 Å². The van der Waals surface area contributed by atoms with E-state index in [2.05, 4.69) is 85.7 Å². The number of hydrogen-bond donors (Lipinski definition) is 0. The van der Waals surface area contributed by atoms with Crippen molar-refractivity contribution in [2.45, 2.75) is 71.9 Å². The fourth-order valence-corrected chi connectivity index (χ4v) is 5.84. The fourth-order valence-electron chi connectivity index (χ4n) is 5.84. The summed E-state index contributed by atoms with van der Waals surface area (Å²) in [4.78, 5) is 5.11. The van der Waals surface area contributed by atoms with Crippen LogP contribution in [0.25, 0.3) is 0 Å². The highest BCUT2D eigenvalue weighted by molar-refractivity contribution is 5.42. The van der Waals surface area contributed by atoms with Crippen molar-refractivity contribution in [3.8, 4) is 17.7 Å². The topological polar surface area (TPSA) is 54.7 Å². The van der Waals surface area contributed by atoms with Gasteiger partial charge in [-0.05, 0) is 55.4 Å². The minimum Gasteiger partial charge on any atom is -0.472 e. The zero-order chi connectivity index (χ0) is 33.2. The van der Waals surface area contributed by atoms with E-state index >= 15 is 0 Å². The molecule has 246 valence electrons. The van der Waals surface area contributed by atoms with Crippen LogP contribution in [0, 0.1) is 17.3 Å². The van der Waals surface area contributed by atoms with Crippen LogP contribution in [0.4, 0.5) is 0 Å². The predicted molar refractivity (Wildman–Crippen MR) is 188 cm³/mol. The molecule has 1 aromatic heterocycles. The zero-order valence-electron chi connectivity index (χ0n) is 28.1. The molecule has 1 aliphatic rings. The first kappa shape index (κ1) is 33.2. The SMILES string of the molecule is CC(C)(C)C#Cc1nc2n(c1OCc1ccccc1)C(COCc1ccccc1)(OCc1ccccc1)C(OCc1ccccc1)CC2. The van der Waals surface area contributed by atoms with Crippen LogP contribution in [-0.2, 0) is 52.8 Å². The summed E-state index contributed by atoms with van der Waals surface area (Å²) in [7, 11) is 0. The second kappa shape index (κ2) is 15.5. The summed E-state index contributed by atoms with van der Waals surface area (Å²) in [5.74, 6) is 8.16. The first-order valence-electron chi connectivity index (χ1n) is 16.7. The van der Waals surface area contributed by atoms with Crippen LogP contribution in [0.15, 0.2) is 121 Å². The molecule has 0 fully saturated rings. The molecule has 6 heteroatoms. The second-order valence-electron chi connectivity index (χ2n) is 13.2. The number of rotatable bonds is 13. The molecule has 0 bridgehead atoms. The molecular weight excluding hydrogens is 596 g/mol. The van der Waals surface area contributed by atoms with Gasteiger partial charge in [-0.3, -0.25) is 4.57 Å². The van der Waals surface area contributed by atoms with E-state index < -0.39 is 5.72 Å². The molecule has 6 nitrogen and oxygen atoms in total. The number of aryl methyl sites for hydroxylation is 1. The zero-order valence-corrected chi connectivity index (χ0v) is 28.1. The Labute approximate surface area is 284 Å². The van der Waals surface area contributed by atoms with Crippen molar-refractivity contribution in [3.05, 3.63) is 155 Å². The van der Waals surface area contributed by atoms with Crippen molar-refractivity contribution in [2.24, 2.45) is 5.41 Å². The third-order valence-corrected chi connectivity index (χ3v) is 8.24. The van der Waals surface area contributed by atoms with E-state index in [1.807, 2.05) is 72.8 Å². The van der Waals surface area contributed by atoms with Gasteiger partial charge in [0.05, 0.1) is 26.4 Å². The minimum atomic E-state index is -1.10. The first-order chi connectivity index (χ1) is 23.4. The van der Waals surface area contributed by atoms with Crippen LogP contribution < -0.4 is 4.74 Å². The summed E-state index contributed by atoms with van der Waals surface area (Å²) < 4.78 is 29.3. The van der Waals surface area contributed by atoms with Crippen molar-refractivity contribution in [1.29, 1.82) is 0 Å². The number of fused-ring (bicyclic) bond motifs is 1. The molecule has 0 aliphatic carbocycles. The molecule has 4 aromatic carbocycles. The highest BCUT2D eigenvalue weighted by atomic mass is 16.6. The lowest BCUT2D eigenvalue weighted by Gasteiger charge is -2.45. The second-order valence-corrected chi connectivity index (χ2v) is 13.2. The van der Waals surface area contributed by atoms with Crippen LogP contribution in [0.1, 0.15) is 61.0 Å². The molecule has 1 aliphatic heterocycles. The van der Waals surface area contributed by atoms with Crippen LogP contribution in [0.2, 0.25) is 0 Å². The summed E-state index contributed by atoms with van der Waals surface area (Å²) in [6, 6.07) is 40.8. The molecule has 2 unspecified atom stereocenters. The van der Waals surface area contributed by atoms with Gasteiger partial charge in [0.15, 0.2) is 11.4 Å². The number of benzene rings is 4. The van der Waals surface area contributed by atoms with E-state index in [1.54, 1.807) is 0 Å². The van der Waals surface area contributed by atoms with E-state index in [0.717, 1.165) is 28.1 Å². The Morgan fingerprint density at radius 2 is 1.23 bits per heavy atom. The van der Waals surface area contributed by atoms with Crippen molar-refractivity contribution in [1.82, 2.24) is 9.55 Å². The smallest absolute Gasteiger partial charge is 0.233 e. The third kappa shape index (κ3) is 8.42. The molecule has 0 spiro atoms. The molecule has 5 aromatic rings. The molecule has 2 atom stereocenters. The van der Waals surface area contributed by atoms with Crippen LogP contribution in [0.3, 0.4) is 0 Å². The van der Waals surface area contributed by atoms with Gasteiger partial charge >= 0.3 is 0 Å². The molecule has 0 amide bonds. The van der Waals surface area contributed by atoms with Gasteiger partial charge in [-0.2, -0.15) is 0 Å². The number of aromatic nitrogens is 2. The maximum absolute atomic E-state index is 7.12. The van der Waals surface area contributed by atoms with Crippen LogP contribution in [0.5, 0.6) is 5.88 Å². The molecule has 2 heterocycles. The molecule has 0 radical (unpaired) electrons. The Morgan fingerprint density at radius 1 is 0.708 bits per heavy atom. The highest BCUT2D eigenvalue weighted by Crippen LogP contribution is 2.42. The lowest BCUT2D eigenvalue weighted by Crippen LogP contribution is -2.55. The van der Waals surface area contributed by atoms with E-state index in [9.17, 15) is 0 Å². The summed E-state index contributed by atoms with van der Waals surface area (Å²) in [6.45, 7) is 8.05. The number of ether oxygens (including phenoxy) is 4. The predicted octanol–water partition coefficient (Wildman–Crippen LogP) is 8.48. The van der Waals surface area contributed by atoms with E-state index in [0.29, 0.717) is 50.8 Å². The Kier molecular flexibility index (Phi) is 10.7. The summed E-state index contributed by atoms with van der Waals surface area (Å²) in [5.41, 5.74) is 3.54. The Hall–Kier alpha value is -4.67. The average Bonchev–Trinajstić information content (AvgIpc) is 3.48. The van der Waals surface area contributed by atoms with E-state index in [1.165, 1.54) is 0 Å². The average molecular weight is 641 g/mol. The molecule has 0 saturated carbocycles. The minimum absolute atomic E-state index is 0.214. The normalized spacial score (nSPS) is 17.3. The van der Waals surface area contributed by atoms with Crippen molar-refractivity contribution >= 4 is 0 Å². The van der Waals surface area contributed by atoms with E-state index in [4.69, 9.17) is 23.9 Å². The number of nitrogens with zero attached hydrogens (tertiary/aromatic N) is 2.